The molecular weight excluding hydrogens is 322 g/mol. The first kappa shape index (κ1) is 16.0. The highest BCUT2D eigenvalue weighted by Gasteiger charge is 2.18. The number of aryl methyl sites for hydroxylation is 1. The van der Waals surface area contributed by atoms with Crippen molar-refractivity contribution in [3.8, 4) is 11.3 Å². The van der Waals surface area contributed by atoms with Crippen molar-refractivity contribution in [1.82, 2.24) is 9.88 Å². The van der Waals surface area contributed by atoms with Gasteiger partial charge in [-0.3, -0.25) is 4.79 Å². The lowest BCUT2D eigenvalue weighted by Crippen LogP contribution is -2.37. The monoisotopic (exact) mass is 338 g/mol. The normalized spacial score (nSPS) is 15.0. The van der Waals surface area contributed by atoms with Crippen LogP contribution in [0.25, 0.3) is 11.3 Å². The number of halogens is 2. The Labute approximate surface area is 136 Å². The molecule has 1 amide bonds. The third-order valence-electron chi connectivity index (χ3n) is 3.67. The van der Waals surface area contributed by atoms with E-state index >= 15 is 0 Å². The lowest BCUT2D eigenvalue weighted by molar-refractivity contribution is -0.130. The molecule has 1 saturated heterocycles. The van der Waals surface area contributed by atoms with Crippen LogP contribution >= 0.6 is 11.8 Å². The van der Waals surface area contributed by atoms with Gasteiger partial charge in [-0.05, 0) is 12.1 Å². The first-order valence-corrected chi connectivity index (χ1v) is 8.54. The zero-order valence-corrected chi connectivity index (χ0v) is 13.2. The standard InChI is InChI=1S/C16H16F2N2O2S/c17-11-1-2-12(13(18)9-11)14-10-19-15(22-14)3-4-16(21)20-5-7-23-8-6-20/h1-2,9-10H,3-8H2. The van der Waals surface area contributed by atoms with Crippen molar-refractivity contribution in [3.63, 3.8) is 0 Å². The van der Waals surface area contributed by atoms with E-state index in [0.717, 1.165) is 30.7 Å². The van der Waals surface area contributed by atoms with Gasteiger partial charge >= 0.3 is 0 Å². The van der Waals surface area contributed by atoms with Crippen molar-refractivity contribution in [3.05, 3.63) is 41.9 Å². The van der Waals surface area contributed by atoms with E-state index in [4.69, 9.17) is 4.42 Å². The number of carbonyl (C=O) groups excluding carboxylic acids is 1. The molecule has 0 atom stereocenters. The zero-order valence-electron chi connectivity index (χ0n) is 12.4. The summed E-state index contributed by atoms with van der Waals surface area (Å²) in [6.45, 7) is 1.56. The van der Waals surface area contributed by atoms with Crippen LogP contribution in [0, 0.1) is 11.6 Å². The molecule has 0 bridgehead atoms. The molecule has 122 valence electrons. The van der Waals surface area contributed by atoms with Crippen LogP contribution in [0.5, 0.6) is 0 Å². The van der Waals surface area contributed by atoms with E-state index in [1.807, 2.05) is 16.7 Å². The van der Waals surface area contributed by atoms with Crippen LogP contribution in [-0.4, -0.2) is 40.4 Å². The molecule has 3 rings (SSSR count). The van der Waals surface area contributed by atoms with Gasteiger partial charge in [-0.25, -0.2) is 13.8 Å². The minimum Gasteiger partial charge on any atom is -0.441 e. The number of carbonyl (C=O) groups is 1. The topological polar surface area (TPSA) is 46.3 Å². The highest BCUT2D eigenvalue weighted by molar-refractivity contribution is 7.99. The minimum atomic E-state index is -0.699. The molecule has 1 aliphatic heterocycles. The summed E-state index contributed by atoms with van der Waals surface area (Å²) in [5, 5.41) is 0. The summed E-state index contributed by atoms with van der Waals surface area (Å²) in [5.41, 5.74) is 0.157. The van der Waals surface area contributed by atoms with E-state index < -0.39 is 11.6 Å². The number of nitrogens with zero attached hydrogens (tertiary/aromatic N) is 2. The fraction of sp³-hybridized carbons (Fsp3) is 0.375. The molecule has 4 nitrogen and oxygen atoms in total. The van der Waals surface area contributed by atoms with Gasteiger partial charge in [-0.2, -0.15) is 11.8 Å². The molecule has 1 fully saturated rings. The van der Waals surface area contributed by atoms with Crippen LogP contribution in [0.15, 0.2) is 28.8 Å². The summed E-state index contributed by atoms with van der Waals surface area (Å²) in [4.78, 5) is 18.0. The summed E-state index contributed by atoms with van der Waals surface area (Å²) in [7, 11) is 0. The predicted molar refractivity (Wildman–Crippen MR) is 84.1 cm³/mol. The van der Waals surface area contributed by atoms with Gasteiger partial charge in [0.15, 0.2) is 11.7 Å². The van der Waals surface area contributed by atoms with E-state index in [9.17, 15) is 13.6 Å². The molecule has 1 aromatic carbocycles. The quantitative estimate of drug-likeness (QED) is 0.859. The second-order valence-corrected chi connectivity index (χ2v) is 6.46. The van der Waals surface area contributed by atoms with E-state index in [1.165, 1.54) is 18.3 Å². The number of hydrogen-bond donors (Lipinski definition) is 0. The predicted octanol–water partition coefficient (Wildman–Crippen LogP) is 3.13. The molecule has 0 N–H and O–H groups in total. The van der Waals surface area contributed by atoms with Crippen LogP contribution in [0.1, 0.15) is 12.3 Å². The van der Waals surface area contributed by atoms with Gasteiger partial charge in [0, 0.05) is 43.5 Å². The number of aromatic nitrogens is 1. The SMILES string of the molecule is O=C(CCc1ncc(-c2ccc(F)cc2F)o1)N1CCSCC1. The molecule has 1 aliphatic rings. The van der Waals surface area contributed by atoms with Crippen molar-refractivity contribution in [1.29, 1.82) is 0 Å². The molecule has 0 radical (unpaired) electrons. The maximum atomic E-state index is 13.7. The summed E-state index contributed by atoms with van der Waals surface area (Å²) >= 11 is 1.85. The van der Waals surface area contributed by atoms with E-state index in [-0.39, 0.29) is 17.2 Å². The summed E-state index contributed by atoms with van der Waals surface area (Å²) in [5.74, 6) is 1.30. The molecule has 2 aromatic rings. The molecule has 1 aromatic heterocycles. The van der Waals surface area contributed by atoms with Gasteiger partial charge in [0.25, 0.3) is 0 Å². The van der Waals surface area contributed by atoms with Crippen LogP contribution in [0.2, 0.25) is 0 Å². The summed E-state index contributed by atoms with van der Waals surface area (Å²) in [6.07, 6.45) is 2.08. The van der Waals surface area contributed by atoms with Gasteiger partial charge in [0.05, 0.1) is 11.8 Å². The van der Waals surface area contributed by atoms with Gasteiger partial charge in [0.1, 0.15) is 11.6 Å². The molecule has 23 heavy (non-hydrogen) atoms. The van der Waals surface area contributed by atoms with Crippen molar-refractivity contribution in [2.75, 3.05) is 24.6 Å². The molecule has 7 heteroatoms. The molecule has 2 heterocycles. The first-order chi connectivity index (χ1) is 11.1. The molecule has 0 spiro atoms. The summed E-state index contributed by atoms with van der Waals surface area (Å²) < 4.78 is 32.1. The number of benzene rings is 1. The Kier molecular flexibility index (Phi) is 4.95. The molecule has 0 aliphatic carbocycles. The number of hydrogen-bond acceptors (Lipinski definition) is 4. The average Bonchev–Trinajstić information content (AvgIpc) is 3.02. The summed E-state index contributed by atoms with van der Waals surface area (Å²) in [6, 6.07) is 3.28. The highest BCUT2D eigenvalue weighted by Crippen LogP contribution is 2.24. The van der Waals surface area contributed by atoms with Crippen molar-refractivity contribution in [2.45, 2.75) is 12.8 Å². The average molecular weight is 338 g/mol. The first-order valence-electron chi connectivity index (χ1n) is 7.39. The lowest BCUT2D eigenvalue weighted by Gasteiger charge is -2.26. The Hall–Kier alpha value is -1.89. The van der Waals surface area contributed by atoms with Crippen molar-refractivity contribution < 1.29 is 18.0 Å². The Bertz CT molecular complexity index is 699. The Morgan fingerprint density at radius 3 is 2.83 bits per heavy atom. The van der Waals surface area contributed by atoms with Gasteiger partial charge in [0.2, 0.25) is 5.91 Å². The number of oxazole rings is 1. The smallest absolute Gasteiger partial charge is 0.223 e. The van der Waals surface area contributed by atoms with Crippen molar-refractivity contribution in [2.24, 2.45) is 0 Å². The van der Waals surface area contributed by atoms with E-state index in [2.05, 4.69) is 4.98 Å². The molecule has 0 unspecified atom stereocenters. The molecular formula is C16H16F2N2O2S. The van der Waals surface area contributed by atoms with Crippen molar-refractivity contribution >= 4 is 17.7 Å². The lowest BCUT2D eigenvalue weighted by atomic mass is 10.2. The second-order valence-electron chi connectivity index (χ2n) is 5.24. The Balaban J connectivity index is 1.62. The minimum absolute atomic E-state index is 0.0815. The Morgan fingerprint density at radius 1 is 1.30 bits per heavy atom. The highest BCUT2D eigenvalue weighted by atomic mass is 32.2. The molecule has 0 saturated carbocycles. The number of rotatable bonds is 4. The fourth-order valence-electron chi connectivity index (χ4n) is 2.42. The van der Waals surface area contributed by atoms with Gasteiger partial charge in [-0.15, -0.1) is 0 Å². The number of thioether (sulfide) groups is 1. The second kappa shape index (κ2) is 7.12. The zero-order chi connectivity index (χ0) is 16.2. The maximum absolute atomic E-state index is 13.7. The maximum Gasteiger partial charge on any atom is 0.223 e. The third kappa shape index (κ3) is 3.90. The van der Waals surface area contributed by atoms with E-state index in [0.29, 0.717) is 18.7 Å². The van der Waals surface area contributed by atoms with Crippen LogP contribution in [0.4, 0.5) is 8.78 Å². The third-order valence-corrected chi connectivity index (χ3v) is 4.61. The number of amides is 1. The largest absolute Gasteiger partial charge is 0.441 e. The van der Waals surface area contributed by atoms with E-state index in [1.54, 1.807) is 0 Å². The van der Waals surface area contributed by atoms with Crippen LogP contribution < -0.4 is 0 Å². The fourth-order valence-corrected chi connectivity index (χ4v) is 3.33. The van der Waals surface area contributed by atoms with Crippen LogP contribution in [0.3, 0.4) is 0 Å². The van der Waals surface area contributed by atoms with Gasteiger partial charge in [-0.1, -0.05) is 0 Å². The Morgan fingerprint density at radius 2 is 2.09 bits per heavy atom. The van der Waals surface area contributed by atoms with Crippen LogP contribution in [-0.2, 0) is 11.2 Å². The van der Waals surface area contributed by atoms with Gasteiger partial charge < -0.3 is 9.32 Å².